The van der Waals surface area contributed by atoms with Gasteiger partial charge in [-0.15, -0.1) is 11.3 Å². The van der Waals surface area contributed by atoms with Crippen LogP contribution in [-0.2, 0) is 21.3 Å². The van der Waals surface area contributed by atoms with Crippen molar-refractivity contribution in [3.8, 4) is 0 Å². The third-order valence-corrected chi connectivity index (χ3v) is 6.37. The van der Waals surface area contributed by atoms with E-state index in [1.165, 1.54) is 42.7 Å². The number of hydrogen-bond donors (Lipinski definition) is 1. The molecule has 1 aromatic carbocycles. The van der Waals surface area contributed by atoms with Gasteiger partial charge in [-0.05, 0) is 43.3 Å². The van der Waals surface area contributed by atoms with E-state index in [0.717, 1.165) is 4.88 Å². The molecule has 9 heteroatoms. The van der Waals surface area contributed by atoms with Gasteiger partial charge in [0.1, 0.15) is 0 Å². The summed E-state index contributed by atoms with van der Waals surface area (Å²) in [5.41, 5.74) is 0.416. The number of hydrogen-bond acceptors (Lipinski definition) is 5. The van der Waals surface area contributed by atoms with Crippen LogP contribution < -0.4 is 4.72 Å². The molecule has 0 aliphatic rings. The van der Waals surface area contributed by atoms with Gasteiger partial charge in [-0.25, -0.2) is 13.1 Å². The summed E-state index contributed by atoms with van der Waals surface area (Å²) in [5.74, 6) is -0.195. The SMILES string of the molecule is COC[C@H](C)NS(=O)(=O)c1ccc(C(=O)N(C)Cc2ccc(Cl)s2)cc1. The normalized spacial score (nSPS) is 12.8. The van der Waals surface area contributed by atoms with Crippen LogP contribution >= 0.6 is 22.9 Å². The standard InChI is InChI=1S/C17H21ClN2O4S2/c1-12(11-24-3)19-26(22,23)15-7-4-13(5-8-15)17(21)20(2)10-14-6-9-16(18)25-14/h4-9,12,19H,10-11H2,1-3H3/t12-/m0/s1. The van der Waals surface area contributed by atoms with Crippen molar-refractivity contribution in [2.75, 3.05) is 20.8 Å². The Morgan fingerprint density at radius 2 is 1.92 bits per heavy atom. The summed E-state index contributed by atoms with van der Waals surface area (Å²) in [7, 11) is -0.463. The Morgan fingerprint density at radius 3 is 2.46 bits per heavy atom. The summed E-state index contributed by atoms with van der Waals surface area (Å²) in [6.07, 6.45) is 0. The number of nitrogens with zero attached hydrogens (tertiary/aromatic N) is 1. The quantitative estimate of drug-likeness (QED) is 0.717. The molecule has 0 unspecified atom stereocenters. The highest BCUT2D eigenvalue weighted by Gasteiger charge is 2.19. The Hall–Kier alpha value is -1.45. The molecule has 0 spiro atoms. The Bertz CT molecular complexity index is 850. The molecule has 0 fully saturated rings. The van der Waals surface area contributed by atoms with E-state index in [9.17, 15) is 13.2 Å². The lowest BCUT2D eigenvalue weighted by Gasteiger charge is -2.17. The van der Waals surface area contributed by atoms with Crippen molar-refractivity contribution in [3.63, 3.8) is 0 Å². The largest absolute Gasteiger partial charge is 0.383 e. The molecule has 1 amide bonds. The van der Waals surface area contributed by atoms with Gasteiger partial charge in [0.2, 0.25) is 10.0 Å². The molecule has 0 aliphatic heterocycles. The van der Waals surface area contributed by atoms with Crippen molar-refractivity contribution in [3.05, 3.63) is 51.2 Å². The van der Waals surface area contributed by atoms with Crippen LogP contribution in [-0.4, -0.2) is 46.0 Å². The number of ether oxygens (including phenoxy) is 1. The molecular weight excluding hydrogens is 396 g/mol. The molecule has 142 valence electrons. The minimum atomic E-state index is -3.66. The van der Waals surface area contributed by atoms with E-state index in [0.29, 0.717) is 16.4 Å². The molecule has 1 N–H and O–H groups in total. The Morgan fingerprint density at radius 1 is 1.27 bits per heavy atom. The number of rotatable bonds is 8. The number of carbonyl (C=O) groups excluding carboxylic acids is 1. The van der Waals surface area contributed by atoms with Crippen LogP contribution in [0.3, 0.4) is 0 Å². The third kappa shape index (κ3) is 5.52. The summed E-state index contributed by atoms with van der Waals surface area (Å²) in [5, 5.41) is 0. The second-order valence-electron chi connectivity index (χ2n) is 5.87. The predicted octanol–water partition coefficient (Wildman–Crippen LogP) is 2.99. The lowest BCUT2D eigenvalue weighted by Crippen LogP contribution is -2.35. The first-order valence-electron chi connectivity index (χ1n) is 7.84. The fourth-order valence-corrected chi connectivity index (χ4v) is 4.73. The summed E-state index contributed by atoms with van der Waals surface area (Å²) >= 11 is 7.32. The van der Waals surface area contributed by atoms with Crippen LogP contribution in [0.4, 0.5) is 0 Å². The molecule has 1 atom stereocenters. The van der Waals surface area contributed by atoms with Crippen LogP contribution in [0.5, 0.6) is 0 Å². The van der Waals surface area contributed by atoms with E-state index in [-0.39, 0.29) is 23.5 Å². The molecule has 6 nitrogen and oxygen atoms in total. The van der Waals surface area contributed by atoms with Gasteiger partial charge in [-0.1, -0.05) is 11.6 Å². The highest BCUT2D eigenvalue weighted by molar-refractivity contribution is 7.89. The number of carbonyl (C=O) groups is 1. The van der Waals surface area contributed by atoms with Crippen molar-refractivity contribution in [2.45, 2.75) is 24.4 Å². The third-order valence-electron chi connectivity index (χ3n) is 3.55. The molecule has 0 saturated carbocycles. The highest BCUT2D eigenvalue weighted by Crippen LogP contribution is 2.23. The van der Waals surface area contributed by atoms with E-state index < -0.39 is 10.0 Å². The number of thiophene rings is 1. The van der Waals surface area contributed by atoms with Crippen LogP contribution in [0.25, 0.3) is 0 Å². The molecule has 1 aromatic heterocycles. The number of methoxy groups -OCH3 is 1. The Kier molecular flexibility index (Phi) is 7.19. The second kappa shape index (κ2) is 8.96. The van der Waals surface area contributed by atoms with Gasteiger partial charge in [0.05, 0.1) is 22.4 Å². The second-order valence-corrected chi connectivity index (χ2v) is 9.38. The van der Waals surface area contributed by atoms with E-state index in [1.807, 2.05) is 6.07 Å². The van der Waals surface area contributed by atoms with Crippen molar-refractivity contribution >= 4 is 38.9 Å². The Balaban J connectivity index is 2.06. The first-order chi connectivity index (χ1) is 12.2. The maximum atomic E-state index is 12.5. The zero-order chi connectivity index (χ0) is 19.3. The topological polar surface area (TPSA) is 75.7 Å². The minimum Gasteiger partial charge on any atom is -0.383 e. The summed E-state index contributed by atoms with van der Waals surface area (Å²) in [6, 6.07) is 9.17. The molecule has 0 aliphatic carbocycles. The van der Waals surface area contributed by atoms with Gasteiger partial charge in [0.25, 0.3) is 5.91 Å². The van der Waals surface area contributed by atoms with Gasteiger partial charge in [-0.2, -0.15) is 0 Å². The number of sulfonamides is 1. The number of halogens is 1. The van der Waals surface area contributed by atoms with Crippen LogP contribution in [0, 0.1) is 0 Å². The lowest BCUT2D eigenvalue weighted by molar-refractivity contribution is 0.0786. The van der Waals surface area contributed by atoms with Gasteiger partial charge in [0, 0.05) is 30.6 Å². The predicted molar refractivity (Wildman–Crippen MR) is 103 cm³/mol. The molecule has 0 bridgehead atoms. The molecular formula is C17H21ClN2O4S2. The summed E-state index contributed by atoms with van der Waals surface area (Å²) in [6.45, 7) is 2.42. The Labute approximate surface area is 162 Å². The maximum Gasteiger partial charge on any atom is 0.253 e. The lowest BCUT2D eigenvalue weighted by atomic mass is 10.2. The zero-order valence-corrected chi connectivity index (χ0v) is 17.1. The molecule has 2 rings (SSSR count). The molecule has 26 heavy (non-hydrogen) atoms. The number of benzene rings is 1. The summed E-state index contributed by atoms with van der Waals surface area (Å²) < 4.78 is 32.7. The smallest absolute Gasteiger partial charge is 0.253 e. The van der Waals surface area contributed by atoms with E-state index >= 15 is 0 Å². The van der Waals surface area contributed by atoms with Gasteiger partial charge >= 0.3 is 0 Å². The fraction of sp³-hybridized carbons (Fsp3) is 0.353. The molecule has 0 saturated heterocycles. The van der Waals surface area contributed by atoms with Crippen LogP contribution in [0.2, 0.25) is 4.34 Å². The average Bonchev–Trinajstić information content (AvgIpc) is 2.99. The minimum absolute atomic E-state index is 0.102. The van der Waals surface area contributed by atoms with Gasteiger partial charge in [-0.3, -0.25) is 4.79 Å². The monoisotopic (exact) mass is 416 g/mol. The van der Waals surface area contributed by atoms with Crippen molar-refractivity contribution in [1.82, 2.24) is 9.62 Å². The maximum absolute atomic E-state index is 12.5. The van der Waals surface area contributed by atoms with E-state index in [4.69, 9.17) is 16.3 Å². The number of nitrogens with one attached hydrogen (secondary N) is 1. The first kappa shape index (κ1) is 20.9. The van der Waals surface area contributed by atoms with E-state index in [2.05, 4.69) is 4.72 Å². The average molecular weight is 417 g/mol. The van der Waals surface area contributed by atoms with Crippen LogP contribution in [0.15, 0.2) is 41.3 Å². The fourth-order valence-electron chi connectivity index (χ4n) is 2.36. The molecule has 2 aromatic rings. The molecule has 0 radical (unpaired) electrons. The van der Waals surface area contributed by atoms with Gasteiger partial charge < -0.3 is 9.64 Å². The van der Waals surface area contributed by atoms with Gasteiger partial charge in [0.15, 0.2) is 0 Å². The van der Waals surface area contributed by atoms with Crippen molar-refractivity contribution in [1.29, 1.82) is 0 Å². The highest BCUT2D eigenvalue weighted by atomic mass is 35.5. The van der Waals surface area contributed by atoms with Crippen molar-refractivity contribution < 1.29 is 17.9 Å². The molecule has 1 heterocycles. The number of amides is 1. The zero-order valence-electron chi connectivity index (χ0n) is 14.7. The van der Waals surface area contributed by atoms with Crippen LogP contribution in [0.1, 0.15) is 22.2 Å². The van der Waals surface area contributed by atoms with Crippen molar-refractivity contribution in [2.24, 2.45) is 0 Å². The first-order valence-corrected chi connectivity index (χ1v) is 10.5. The van der Waals surface area contributed by atoms with E-state index in [1.54, 1.807) is 24.9 Å². The summed E-state index contributed by atoms with van der Waals surface area (Å²) in [4.78, 5) is 15.1.